The average Bonchev–Trinajstić information content (AvgIpc) is 4.22. The molecule has 8 aromatic carbocycles. The molecule has 0 N–H and O–H groups in total. The molecule has 0 aliphatic rings. The van der Waals surface area contributed by atoms with Crippen molar-refractivity contribution in [1.82, 2.24) is 44.0 Å². The van der Waals surface area contributed by atoms with Crippen molar-refractivity contribution in [2.75, 3.05) is 0 Å². The molecule has 6 aromatic heterocycles. The molecule has 0 amide bonds. The van der Waals surface area contributed by atoms with E-state index in [1.807, 2.05) is 133 Å². The topological polar surface area (TPSA) is 109 Å². The molecule has 0 unspecified atom stereocenters. The van der Waals surface area contributed by atoms with Gasteiger partial charge in [0.2, 0.25) is 0 Å². The van der Waals surface area contributed by atoms with Crippen molar-refractivity contribution in [1.29, 1.82) is 0 Å². The van der Waals surface area contributed by atoms with Crippen LogP contribution in [0.1, 0.15) is 0 Å². The molecule has 0 saturated carbocycles. The maximum atomic E-state index is 6.88. The van der Waals surface area contributed by atoms with Crippen LogP contribution in [0.25, 0.3) is 124 Å². The molecule has 0 fully saturated rings. The molecule has 0 saturated heterocycles. The molecule has 0 bridgehead atoms. The minimum absolute atomic E-state index is 0. The molecule has 0 spiro atoms. The van der Waals surface area contributed by atoms with E-state index in [9.17, 15) is 0 Å². The van der Waals surface area contributed by atoms with E-state index in [4.69, 9.17) is 14.7 Å². The fourth-order valence-corrected chi connectivity index (χ4v) is 9.99. The van der Waals surface area contributed by atoms with Crippen LogP contribution in [0.4, 0.5) is 0 Å². The van der Waals surface area contributed by atoms with Gasteiger partial charge >= 0.3 is 41.2 Å². The fraction of sp³-hybridized carbons (Fsp3) is 0. The van der Waals surface area contributed by atoms with Gasteiger partial charge in [0.05, 0.1) is 22.1 Å². The summed E-state index contributed by atoms with van der Waals surface area (Å²) in [5.74, 6) is 2.87. The second-order valence-corrected chi connectivity index (χ2v) is 18.6. The molecular weight excluding hydrogens is 1360 g/mol. The van der Waals surface area contributed by atoms with Gasteiger partial charge in [-0.15, -0.1) is 89.0 Å². The Hall–Kier alpha value is -9.63. The van der Waals surface area contributed by atoms with Crippen LogP contribution in [0.3, 0.4) is 0 Å². The third-order valence-corrected chi connectivity index (χ3v) is 13.6. The summed E-state index contributed by atoms with van der Waals surface area (Å²) < 4.78 is 11.3. The summed E-state index contributed by atoms with van der Waals surface area (Å²) in [4.78, 5) is 33.7. The van der Waals surface area contributed by atoms with Crippen molar-refractivity contribution in [2.45, 2.75) is 0 Å². The Morgan fingerprint density at radius 1 is 0.383 bits per heavy atom. The molecule has 6 heterocycles. The van der Waals surface area contributed by atoms with E-state index in [0.717, 1.165) is 112 Å². The Kier molecular flexibility index (Phi) is 14.8. The first-order chi connectivity index (χ1) is 39.1. The van der Waals surface area contributed by atoms with Gasteiger partial charge in [-0.25, -0.2) is 27.7 Å². The SMILES string of the molecule is [Ir+3].[Pt+2].[c-]1cc(-c2ccccc2-c2cc(-c3nc4ccccc4n3-c3c[c-]c(-c4ccccn4)cc3)cc(-c3nc4ccccc4n3-c3c[c-]c(-c4ccccn4)cc3)c2)c(Oc2[c-]c(-c3ccccn3)ccc2)[c-]c1-c1ncccn1. The third-order valence-electron chi connectivity index (χ3n) is 13.6. The summed E-state index contributed by atoms with van der Waals surface area (Å²) in [6, 6.07) is 88.3. The number of hydrogen-bond donors (Lipinski definition) is 0. The van der Waals surface area contributed by atoms with Crippen LogP contribution in [0.2, 0.25) is 0 Å². The molecule has 0 atom stereocenters. The van der Waals surface area contributed by atoms with Gasteiger partial charge in [0, 0.05) is 47.9 Å². The Morgan fingerprint density at radius 3 is 1.43 bits per heavy atom. The molecule has 10 nitrogen and oxygen atoms in total. The zero-order valence-electron chi connectivity index (χ0n) is 42.7. The quantitative estimate of drug-likeness (QED) is 0.111. The molecule has 14 rings (SSSR count). The van der Waals surface area contributed by atoms with E-state index in [1.165, 1.54) is 0 Å². The van der Waals surface area contributed by atoms with Gasteiger partial charge in [0.1, 0.15) is 11.6 Å². The van der Waals surface area contributed by atoms with Crippen molar-refractivity contribution >= 4 is 22.1 Å². The molecule has 386 valence electrons. The predicted molar refractivity (Wildman–Crippen MR) is 309 cm³/mol. The van der Waals surface area contributed by atoms with Crippen LogP contribution in [-0.2, 0) is 41.2 Å². The van der Waals surface area contributed by atoms with Crippen molar-refractivity contribution in [3.63, 3.8) is 0 Å². The van der Waals surface area contributed by atoms with Crippen LogP contribution in [0.15, 0.2) is 243 Å². The monoisotopic (exact) mass is 1400 g/mol. The summed E-state index contributed by atoms with van der Waals surface area (Å²) in [5.41, 5.74) is 16.1. The van der Waals surface area contributed by atoms with Gasteiger partial charge in [-0.2, -0.15) is 0 Å². The van der Waals surface area contributed by atoms with Gasteiger partial charge in [0.15, 0.2) is 0 Å². The number of imidazole rings is 2. The first kappa shape index (κ1) is 52.1. The van der Waals surface area contributed by atoms with E-state index in [2.05, 4.69) is 137 Å². The summed E-state index contributed by atoms with van der Waals surface area (Å²) in [7, 11) is 0. The smallest absolute Gasteiger partial charge is 0.515 e. The van der Waals surface area contributed by atoms with Crippen molar-refractivity contribution in [3.8, 4) is 113 Å². The van der Waals surface area contributed by atoms with Crippen molar-refractivity contribution in [3.05, 3.63) is 274 Å². The van der Waals surface area contributed by atoms with E-state index in [1.54, 1.807) is 37.1 Å². The van der Waals surface area contributed by atoms with Gasteiger partial charge < -0.3 is 38.8 Å². The van der Waals surface area contributed by atoms with Gasteiger partial charge in [-0.3, -0.25) is 6.07 Å². The minimum Gasteiger partial charge on any atom is -0.515 e. The van der Waals surface area contributed by atoms with Crippen molar-refractivity contribution in [2.24, 2.45) is 0 Å². The first-order valence-corrected chi connectivity index (χ1v) is 25.6. The fourth-order valence-electron chi connectivity index (χ4n) is 9.99. The number of aromatic nitrogens is 9. The maximum absolute atomic E-state index is 6.88. The summed E-state index contributed by atoms with van der Waals surface area (Å²) in [6.45, 7) is 0. The normalized spacial score (nSPS) is 11.0. The first-order valence-electron chi connectivity index (χ1n) is 25.6. The number of pyridine rings is 3. The molecule has 14 aromatic rings. The summed E-state index contributed by atoms with van der Waals surface area (Å²) in [5, 5.41) is 0. The molecule has 12 heteroatoms. The Labute approximate surface area is 495 Å². The second kappa shape index (κ2) is 23.0. The summed E-state index contributed by atoms with van der Waals surface area (Å²) in [6.07, 6.45) is 8.77. The van der Waals surface area contributed by atoms with Crippen LogP contribution in [-0.4, -0.2) is 44.0 Å². The van der Waals surface area contributed by atoms with E-state index in [-0.39, 0.29) is 41.2 Å². The van der Waals surface area contributed by atoms with Gasteiger partial charge in [-0.05, 0) is 118 Å². The van der Waals surface area contributed by atoms with E-state index in [0.29, 0.717) is 22.9 Å². The number of benzene rings is 8. The van der Waals surface area contributed by atoms with Gasteiger partial charge in [-0.1, -0.05) is 96.6 Å². The number of para-hydroxylation sites is 4. The molecule has 0 aliphatic carbocycles. The van der Waals surface area contributed by atoms with Crippen LogP contribution in [0, 0.1) is 30.3 Å². The van der Waals surface area contributed by atoms with Crippen molar-refractivity contribution < 1.29 is 45.9 Å². The van der Waals surface area contributed by atoms with Crippen LogP contribution < -0.4 is 4.74 Å². The molecule has 0 aliphatic heterocycles. The average molecular weight is 1400 g/mol. The third kappa shape index (κ3) is 10.3. The Balaban J connectivity index is 0.00000326. The zero-order chi connectivity index (χ0) is 52.5. The largest absolute Gasteiger partial charge is 3.00 e. The standard InChI is InChI=1S/C69H40N9O.Ir.Pt/c1-2-18-57(58-35-30-49(67-73-39-14-40-74-67)45-66(58)79-55-16-13-15-48(44-55)61-21-9-12-38-72-61)56(17-1)50-41-51(68-75-62-22-3-5-24-64(62)77(68)53-31-26-46(27-32-53)59-19-7-10-36-70-59)43-52(42-50)69-76-63-23-4-6-25-65(63)78(69)54-33-28-47(29-34-54)60-20-8-11-37-71-60;;/h1-26,28,31-43H;;/q-5;+3;+2. The minimum atomic E-state index is 0. The summed E-state index contributed by atoms with van der Waals surface area (Å²) >= 11 is 0. The molecule has 81 heavy (non-hydrogen) atoms. The number of ether oxygens (including phenoxy) is 1. The number of fused-ring (bicyclic) bond motifs is 2. The number of rotatable bonds is 12. The van der Waals surface area contributed by atoms with Crippen LogP contribution >= 0.6 is 0 Å². The number of nitrogens with zero attached hydrogens (tertiary/aromatic N) is 9. The molecular formula is C69H40IrN9OPt. The number of hydrogen-bond acceptors (Lipinski definition) is 8. The predicted octanol–water partition coefficient (Wildman–Crippen LogP) is 15.5. The Bertz CT molecular complexity index is 4320. The molecule has 0 radical (unpaired) electrons. The van der Waals surface area contributed by atoms with E-state index < -0.39 is 0 Å². The second-order valence-electron chi connectivity index (χ2n) is 18.6. The van der Waals surface area contributed by atoms with Gasteiger partial charge in [0.25, 0.3) is 0 Å². The van der Waals surface area contributed by atoms with E-state index >= 15 is 0 Å². The maximum Gasteiger partial charge on any atom is 3.00 e. The Morgan fingerprint density at radius 2 is 0.889 bits per heavy atom. The zero-order valence-corrected chi connectivity index (χ0v) is 47.3. The van der Waals surface area contributed by atoms with Crippen LogP contribution in [0.5, 0.6) is 11.5 Å².